The Hall–Kier alpha value is -2.93. The predicted octanol–water partition coefficient (Wildman–Crippen LogP) is 3.94. The fraction of sp³-hybridized carbons (Fsp3) is 0.273. The average Bonchev–Trinajstić information content (AvgIpc) is 3.25. The van der Waals surface area contributed by atoms with Gasteiger partial charge in [0.1, 0.15) is 6.61 Å². The summed E-state index contributed by atoms with van der Waals surface area (Å²) >= 11 is 0. The zero-order valence-corrected chi connectivity index (χ0v) is 16.7. The number of carbonyl (C=O) groups is 1. The number of hydrogen-bond donors (Lipinski definition) is 0. The Labute approximate surface area is 170 Å². The number of carbonyl (C=O) groups excluding carboxylic acids is 1. The Morgan fingerprint density at radius 1 is 1.07 bits per heavy atom. The van der Waals surface area contributed by atoms with Crippen LogP contribution in [0.15, 0.2) is 73.1 Å². The normalized spacial score (nSPS) is 18.8. The monoisotopic (exact) mass is 410 g/mol. The minimum absolute atomic E-state index is 0.0616. The van der Waals surface area contributed by atoms with Crippen molar-refractivity contribution in [2.45, 2.75) is 31.2 Å². The van der Waals surface area contributed by atoms with Gasteiger partial charge in [-0.1, -0.05) is 54.6 Å². The number of sulfone groups is 1. The summed E-state index contributed by atoms with van der Waals surface area (Å²) in [5.41, 5.74) is 2.40. The summed E-state index contributed by atoms with van der Waals surface area (Å²) in [6.45, 7) is 0.538. The zero-order valence-electron chi connectivity index (χ0n) is 15.8. The van der Waals surface area contributed by atoms with Crippen LogP contribution in [-0.4, -0.2) is 23.5 Å². The van der Waals surface area contributed by atoms with Gasteiger partial charge in [-0.25, -0.2) is 13.2 Å². The number of rotatable bonds is 5. The molecular formula is C22H22N2O4S. The molecule has 4 rings (SSSR count). The largest absolute Gasteiger partial charge is 0.449 e. The lowest BCUT2D eigenvalue weighted by molar-refractivity contribution is 0.165. The lowest BCUT2D eigenvalue weighted by Gasteiger charge is -2.30. The van der Waals surface area contributed by atoms with Crippen LogP contribution in [0.3, 0.4) is 0 Å². The molecule has 7 heteroatoms. The van der Waals surface area contributed by atoms with Crippen LogP contribution in [0, 0.1) is 5.92 Å². The van der Waals surface area contributed by atoms with Crippen molar-refractivity contribution in [2.24, 2.45) is 5.92 Å². The molecule has 150 valence electrons. The summed E-state index contributed by atoms with van der Waals surface area (Å²) in [5.74, 6) is 0.0616. The molecule has 1 aliphatic carbocycles. The molecule has 0 saturated heterocycles. The first-order valence-electron chi connectivity index (χ1n) is 9.54. The third-order valence-corrected chi connectivity index (χ3v) is 7.05. The third kappa shape index (κ3) is 4.24. The van der Waals surface area contributed by atoms with Crippen LogP contribution in [0.4, 0.5) is 4.79 Å². The smallest absolute Gasteiger partial charge is 0.425 e. The summed E-state index contributed by atoms with van der Waals surface area (Å²) in [4.78, 5) is 12.5. The fourth-order valence-corrected chi connectivity index (χ4v) is 5.42. The molecule has 1 heterocycles. The van der Waals surface area contributed by atoms with E-state index in [0.29, 0.717) is 18.5 Å². The van der Waals surface area contributed by atoms with Gasteiger partial charge in [0.05, 0.1) is 5.25 Å². The van der Waals surface area contributed by atoms with Crippen molar-refractivity contribution in [3.8, 4) is 0 Å². The lowest BCUT2D eigenvalue weighted by atomic mass is 9.83. The predicted molar refractivity (Wildman–Crippen MR) is 109 cm³/mol. The highest BCUT2D eigenvalue weighted by Gasteiger charge is 2.41. The SMILES string of the molecule is O=C(OCc1ccccc1)S(=O)(=O)C1C[C@H](Cn2cccn2)Cc2ccccc21. The van der Waals surface area contributed by atoms with Gasteiger partial charge in [-0.2, -0.15) is 5.10 Å². The van der Waals surface area contributed by atoms with Crippen molar-refractivity contribution in [2.75, 3.05) is 0 Å². The summed E-state index contributed by atoms with van der Waals surface area (Å²) in [6, 6.07) is 18.3. The van der Waals surface area contributed by atoms with Crippen LogP contribution in [0.5, 0.6) is 0 Å². The van der Waals surface area contributed by atoms with E-state index in [2.05, 4.69) is 5.10 Å². The highest BCUT2D eigenvalue weighted by atomic mass is 32.2. The Balaban J connectivity index is 1.56. The minimum Gasteiger partial charge on any atom is -0.449 e. The summed E-state index contributed by atoms with van der Waals surface area (Å²) < 4.78 is 33.2. The highest BCUT2D eigenvalue weighted by molar-refractivity contribution is 8.05. The highest BCUT2D eigenvalue weighted by Crippen LogP contribution is 2.40. The molecule has 0 N–H and O–H groups in total. The molecule has 1 aliphatic rings. The molecule has 2 aromatic carbocycles. The number of ether oxygens (including phenoxy) is 1. The van der Waals surface area contributed by atoms with Gasteiger partial charge in [0, 0.05) is 18.9 Å². The summed E-state index contributed by atoms with van der Waals surface area (Å²) in [5, 5.41) is 2.16. The standard InChI is InChI=1S/C22H22N2O4S/c25-22(28-16-17-7-2-1-3-8-17)29(26,27)21-14-18(15-24-12-6-11-23-24)13-19-9-4-5-10-20(19)21/h1-12,18,21H,13-16H2/t18-,21?/m1/s1. The third-order valence-electron chi connectivity index (χ3n) is 5.27. The molecule has 0 radical (unpaired) electrons. The first kappa shape index (κ1) is 19.4. The van der Waals surface area contributed by atoms with Crippen molar-refractivity contribution in [1.29, 1.82) is 0 Å². The maximum absolute atomic E-state index is 13.1. The first-order valence-corrected chi connectivity index (χ1v) is 11.1. The number of benzene rings is 2. The van der Waals surface area contributed by atoms with Gasteiger partial charge in [0.15, 0.2) is 0 Å². The van der Waals surface area contributed by atoms with E-state index in [-0.39, 0.29) is 12.5 Å². The molecule has 3 aromatic rings. The van der Waals surface area contributed by atoms with Crippen molar-refractivity contribution in [3.05, 3.63) is 89.7 Å². The number of hydrogen-bond acceptors (Lipinski definition) is 5. The van der Waals surface area contributed by atoms with Crippen molar-refractivity contribution in [3.63, 3.8) is 0 Å². The Morgan fingerprint density at radius 2 is 1.83 bits per heavy atom. The maximum Gasteiger partial charge on any atom is 0.425 e. The van der Waals surface area contributed by atoms with E-state index in [0.717, 1.165) is 17.5 Å². The van der Waals surface area contributed by atoms with E-state index in [1.807, 2.05) is 48.7 Å². The Bertz CT molecular complexity index is 1080. The molecule has 0 spiro atoms. The quantitative estimate of drug-likeness (QED) is 0.596. The van der Waals surface area contributed by atoms with E-state index in [1.165, 1.54) is 0 Å². The van der Waals surface area contributed by atoms with Crippen LogP contribution in [0.1, 0.15) is 28.4 Å². The number of fused-ring (bicyclic) bond motifs is 1. The lowest BCUT2D eigenvalue weighted by Crippen LogP contribution is -2.31. The second-order valence-corrected chi connectivity index (χ2v) is 9.28. The molecule has 0 fully saturated rings. The number of aromatic nitrogens is 2. The molecule has 2 atom stereocenters. The first-order chi connectivity index (χ1) is 14.0. The second kappa shape index (κ2) is 8.21. The van der Waals surface area contributed by atoms with Gasteiger partial charge in [0.25, 0.3) is 9.84 Å². The summed E-state index contributed by atoms with van der Waals surface area (Å²) in [6.07, 6.45) is 4.67. The van der Waals surface area contributed by atoms with E-state index in [9.17, 15) is 13.2 Å². The van der Waals surface area contributed by atoms with Gasteiger partial charge >= 0.3 is 5.30 Å². The Morgan fingerprint density at radius 3 is 2.59 bits per heavy atom. The van der Waals surface area contributed by atoms with Crippen LogP contribution in [0.2, 0.25) is 0 Å². The molecule has 6 nitrogen and oxygen atoms in total. The Kier molecular flexibility index (Phi) is 5.49. The van der Waals surface area contributed by atoms with E-state index in [4.69, 9.17) is 4.74 Å². The number of nitrogens with zero attached hydrogens (tertiary/aromatic N) is 2. The molecule has 29 heavy (non-hydrogen) atoms. The van der Waals surface area contributed by atoms with Gasteiger partial charge in [-0.05, 0) is 41.5 Å². The molecule has 1 aromatic heterocycles. The van der Waals surface area contributed by atoms with Crippen molar-refractivity contribution < 1.29 is 17.9 Å². The molecule has 0 bridgehead atoms. The van der Waals surface area contributed by atoms with Gasteiger partial charge < -0.3 is 4.74 Å². The van der Waals surface area contributed by atoms with E-state index in [1.54, 1.807) is 29.1 Å². The van der Waals surface area contributed by atoms with E-state index >= 15 is 0 Å². The molecule has 1 unspecified atom stereocenters. The van der Waals surface area contributed by atoms with Gasteiger partial charge in [-0.15, -0.1) is 0 Å². The molecule has 0 amide bonds. The van der Waals surface area contributed by atoms with Crippen LogP contribution in [-0.2, 0) is 34.1 Å². The molecule has 0 saturated carbocycles. The fourth-order valence-electron chi connectivity index (χ4n) is 3.88. The van der Waals surface area contributed by atoms with Gasteiger partial charge in [0.2, 0.25) is 0 Å². The van der Waals surface area contributed by atoms with Crippen LogP contribution >= 0.6 is 0 Å². The summed E-state index contributed by atoms with van der Waals surface area (Å²) in [7, 11) is -4.15. The minimum atomic E-state index is -4.15. The second-order valence-electron chi connectivity index (χ2n) is 7.29. The van der Waals surface area contributed by atoms with Crippen molar-refractivity contribution in [1.82, 2.24) is 9.78 Å². The van der Waals surface area contributed by atoms with Crippen molar-refractivity contribution >= 4 is 15.1 Å². The van der Waals surface area contributed by atoms with Gasteiger partial charge in [-0.3, -0.25) is 4.68 Å². The topological polar surface area (TPSA) is 78.3 Å². The molecule has 0 aliphatic heterocycles. The average molecular weight is 410 g/mol. The zero-order chi connectivity index (χ0) is 20.3. The van der Waals surface area contributed by atoms with Crippen LogP contribution < -0.4 is 0 Å². The molecular weight excluding hydrogens is 388 g/mol. The van der Waals surface area contributed by atoms with E-state index < -0.39 is 20.4 Å². The maximum atomic E-state index is 13.1. The van der Waals surface area contributed by atoms with Crippen LogP contribution in [0.25, 0.3) is 0 Å².